The minimum atomic E-state index is -0.662. The van der Waals surface area contributed by atoms with Gasteiger partial charge in [0.2, 0.25) is 5.91 Å². The van der Waals surface area contributed by atoms with Crippen LogP contribution in [0.2, 0.25) is 0 Å². The highest BCUT2D eigenvalue weighted by Crippen LogP contribution is 2.45. The van der Waals surface area contributed by atoms with Crippen molar-refractivity contribution in [3.63, 3.8) is 0 Å². The van der Waals surface area contributed by atoms with Crippen molar-refractivity contribution in [3.05, 3.63) is 82.4 Å². The number of β-lactam (4-membered cyclic amide) rings is 1. The molecule has 0 aromatic heterocycles. The van der Waals surface area contributed by atoms with Gasteiger partial charge in [-0.2, -0.15) is 0 Å². The average Bonchev–Trinajstić information content (AvgIpc) is 3.26. The van der Waals surface area contributed by atoms with E-state index in [1.165, 1.54) is 40.6 Å². The summed E-state index contributed by atoms with van der Waals surface area (Å²) in [5, 5.41) is 0.602. The molecule has 8 nitrogen and oxygen atoms in total. The third-order valence-corrected chi connectivity index (χ3v) is 9.05. The molecule has 0 radical (unpaired) electrons. The fourth-order valence-corrected chi connectivity index (χ4v) is 7.10. The second kappa shape index (κ2) is 10.1. The standard InChI is InChI=1S/C25H25N3O5S2/c1-32-27-13-12-17(22(27)29)35-18-14-34-24-19(26)23(30)28(24)20(18)25(31)33-21(15-8-4-2-5-9-15)16-10-6-3-7-11-16/h2-11,17,19,21,24H,12-14,26H2,1H3/t17?,19-,24-/m1/s1. The Morgan fingerprint density at radius 3 is 2.26 bits per heavy atom. The topological polar surface area (TPSA) is 102 Å². The van der Waals surface area contributed by atoms with Gasteiger partial charge in [-0.1, -0.05) is 60.7 Å². The summed E-state index contributed by atoms with van der Waals surface area (Å²) in [6.07, 6.45) is -0.0692. The molecule has 2 aromatic rings. The number of rotatable bonds is 7. The number of carbonyl (C=O) groups excluding carboxylic acids is 3. The van der Waals surface area contributed by atoms with E-state index >= 15 is 0 Å². The molecule has 3 aliphatic heterocycles. The first-order valence-electron chi connectivity index (χ1n) is 11.3. The summed E-state index contributed by atoms with van der Waals surface area (Å²) in [5.41, 5.74) is 7.84. The molecule has 10 heteroatoms. The van der Waals surface area contributed by atoms with Crippen molar-refractivity contribution in [1.29, 1.82) is 0 Å². The lowest BCUT2D eigenvalue weighted by Gasteiger charge is -2.48. The maximum Gasteiger partial charge on any atom is 0.356 e. The van der Waals surface area contributed by atoms with E-state index in [0.717, 1.165) is 11.1 Å². The highest BCUT2D eigenvalue weighted by atomic mass is 32.2. The Kier molecular flexibility index (Phi) is 6.88. The molecule has 0 bridgehead atoms. The molecule has 35 heavy (non-hydrogen) atoms. The molecule has 5 rings (SSSR count). The van der Waals surface area contributed by atoms with Crippen molar-refractivity contribution in [2.75, 3.05) is 19.4 Å². The normalized spacial score (nSPS) is 24.0. The molecular formula is C25H25N3O5S2. The van der Waals surface area contributed by atoms with Crippen LogP contribution in [0, 0.1) is 0 Å². The van der Waals surface area contributed by atoms with Crippen LogP contribution >= 0.6 is 23.5 Å². The van der Waals surface area contributed by atoms with Gasteiger partial charge in [-0.05, 0) is 17.5 Å². The SMILES string of the molecule is CON1CCC(SC2=C(C(=O)OC(c3ccccc3)c3ccccc3)N3C(=O)[C@@H](N)[C@H]3SC2)C1=O. The van der Waals surface area contributed by atoms with E-state index in [0.29, 0.717) is 23.6 Å². The molecule has 2 fully saturated rings. The number of esters is 1. The number of carbonyl (C=O) groups is 3. The molecular weight excluding hydrogens is 486 g/mol. The first-order valence-corrected chi connectivity index (χ1v) is 13.2. The molecule has 2 aromatic carbocycles. The zero-order valence-electron chi connectivity index (χ0n) is 19.0. The number of nitrogens with two attached hydrogens (primary N) is 1. The lowest BCUT2D eigenvalue weighted by molar-refractivity contribution is -0.166. The van der Waals surface area contributed by atoms with Crippen molar-refractivity contribution in [2.24, 2.45) is 5.73 Å². The van der Waals surface area contributed by atoms with Gasteiger partial charge in [-0.15, -0.1) is 23.5 Å². The monoisotopic (exact) mass is 511 g/mol. The third-order valence-electron chi connectivity index (χ3n) is 6.22. The predicted octanol–water partition coefficient (Wildman–Crippen LogP) is 2.67. The fraction of sp³-hybridized carbons (Fsp3) is 0.320. The van der Waals surface area contributed by atoms with E-state index in [1.807, 2.05) is 60.7 Å². The van der Waals surface area contributed by atoms with E-state index in [2.05, 4.69) is 0 Å². The first kappa shape index (κ1) is 23.9. The lowest BCUT2D eigenvalue weighted by atomic mass is 10.0. The van der Waals surface area contributed by atoms with Crippen molar-refractivity contribution in [3.8, 4) is 0 Å². The van der Waals surface area contributed by atoms with Crippen LogP contribution in [0.3, 0.4) is 0 Å². The summed E-state index contributed by atoms with van der Waals surface area (Å²) in [4.78, 5) is 46.3. The molecule has 2 amide bonds. The summed E-state index contributed by atoms with van der Waals surface area (Å²) >= 11 is 2.80. The van der Waals surface area contributed by atoms with E-state index in [-0.39, 0.29) is 22.9 Å². The number of amides is 2. The number of ether oxygens (including phenoxy) is 1. The Morgan fingerprint density at radius 2 is 1.69 bits per heavy atom. The van der Waals surface area contributed by atoms with Crippen LogP contribution < -0.4 is 5.73 Å². The Bertz CT molecular complexity index is 1120. The molecule has 1 unspecified atom stereocenters. The molecule has 182 valence electrons. The summed E-state index contributed by atoms with van der Waals surface area (Å²) in [6.45, 7) is 0.480. The van der Waals surface area contributed by atoms with Crippen LogP contribution in [0.4, 0.5) is 0 Å². The molecule has 3 atom stereocenters. The number of thioether (sulfide) groups is 2. The Morgan fingerprint density at radius 1 is 1.06 bits per heavy atom. The Hall–Kier alpha value is -2.79. The smallest absolute Gasteiger partial charge is 0.356 e. The number of hydroxylamine groups is 2. The van der Waals surface area contributed by atoms with Gasteiger partial charge in [0.05, 0.1) is 18.9 Å². The van der Waals surface area contributed by atoms with Gasteiger partial charge in [0.15, 0.2) is 6.10 Å². The largest absolute Gasteiger partial charge is 0.448 e. The van der Waals surface area contributed by atoms with Crippen LogP contribution in [-0.2, 0) is 24.0 Å². The predicted molar refractivity (Wildman–Crippen MR) is 134 cm³/mol. The molecule has 2 saturated heterocycles. The number of benzene rings is 2. The van der Waals surface area contributed by atoms with E-state index in [9.17, 15) is 14.4 Å². The molecule has 0 spiro atoms. The van der Waals surface area contributed by atoms with Gasteiger partial charge < -0.3 is 10.5 Å². The maximum absolute atomic E-state index is 13.7. The van der Waals surface area contributed by atoms with Crippen LogP contribution in [0.15, 0.2) is 71.3 Å². The number of fused-ring (bicyclic) bond motifs is 1. The Labute approximate surface area is 211 Å². The highest BCUT2D eigenvalue weighted by molar-refractivity contribution is 8.07. The van der Waals surface area contributed by atoms with Crippen molar-refractivity contribution in [1.82, 2.24) is 9.96 Å². The minimum absolute atomic E-state index is 0.150. The summed E-state index contributed by atoms with van der Waals surface area (Å²) < 4.78 is 6.09. The van der Waals surface area contributed by atoms with Crippen LogP contribution in [-0.4, -0.2) is 63.8 Å². The zero-order valence-corrected chi connectivity index (χ0v) is 20.7. The van der Waals surface area contributed by atoms with Gasteiger partial charge >= 0.3 is 5.97 Å². The first-order chi connectivity index (χ1) is 17.0. The molecule has 0 aliphatic carbocycles. The van der Waals surface area contributed by atoms with Crippen LogP contribution in [0.5, 0.6) is 0 Å². The van der Waals surface area contributed by atoms with Crippen LogP contribution in [0.1, 0.15) is 23.7 Å². The highest BCUT2D eigenvalue weighted by Gasteiger charge is 2.53. The molecule has 2 N–H and O–H groups in total. The van der Waals surface area contributed by atoms with Gasteiger partial charge in [-0.25, -0.2) is 9.86 Å². The van der Waals surface area contributed by atoms with Crippen molar-refractivity contribution >= 4 is 41.3 Å². The summed E-state index contributed by atoms with van der Waals surface area (Å²) in [6, 6.07) is 18.3. The molecule has 0 saturated carbocycles. The average molecular weight is 512 g/mol. The van der Waals surface area contributed by atoms with Gasteiger partial charge in [-0.3, -0.25) is 19.3 Å². The fourth-order valence-electron chi connectivity index (χ4n) is 4.41. The molecule has 3 heterocycles. The number of hydrogen-bond donors (Lipinski definition) is 1. The maximum atomic E-state index is 13.7. The quantitative estimate of drug-likeness (QED) is 0.447. The van der Waals surface area contributed by atoms with E-state index in [4.69, 9.17) is 15.3 Å². The van der Waals surface area contributed by atoms with Gasteiger partial charge in [0.1, 0.15) is 17.1 Å². The summed E-state index contributed by atoms with van der Waals surface area (Å²) in [7, 11) is 1.46. The van der Waals surface area contributed by atoms with Crippen molar-refractivity contribution in [2.45, 2.75) is 29.2 Å². The second-order valence-corrected chi connectivity index (χ2v) is 10.7. The third kappa shape index (κ3) is 4.47. The van der Waals surface area contributed by atoms with Crippen molar-refractivity contribution < 1.29 is 24.0 Å². The molecule has 3 aliphatic rings. The van der Waals surface area contributed by atoms with Gasteiger partial charge in [0, 0.05) is 10.7 Å². The van der Waals surface area contributed by atoms with E-state index in [1.54, 1.807) is 0 Å². The Balaban J connectivity index is 1.48. The summed E-state index contributed by atoms with van der Waals surface area (Å²) in [5.74, 6) is -0.609. The minimum Gasteiger partial charge on any atom is -0.448 e. The van der Waals surface area contributed by atoms with Crippen LogP contribution in [0.25, 0.3) is 0 Å². The second-order valence-electron chi connectivity index (χ2n) is 8.33. The number of hydrogen-bond acceptors (Lipinski definition) is 8. The van der Waals surface area contributed by atoms with E-state index < -0.39 is 23.4 Å². The number of nitrogens with zero attached hydrogens (tertiary/aromatic N) is 2. The zero-order chi connectivity index (χ0) is 24.5. The lowest BCUT2D eigenvalue weighted by Crippen LogP contribution is -2.68. The van der Waals surface area contributed by atoms with Gasteiger partial charge in [0.25, 0.3) is 5.91 Å².